The van der Waals surface area contributed by atoms with E-state index in [0.717, 1.165) is 34.6 Å². The van der Waals surface area contributed by atoms with Crippen LogP contribution in [0.15, 0.2) is 29.4 Å². The first-order chi connectivity index (χ1) is 14.3. The lowest BCUT2D eigenvalue weighted by atomic mass is 10.5. The molecule has 1 rings (SSSR count). The van der Waals surface area contributed by atoms with E-state index in [2.05, 4.69) is 17.6 Å². The quantitative estimate of drug-likeness (QED) is 0.120. The van der Waals surface area contributed by atoms with E-state index in [4.69, 9.17) is 31.2 Å². The molecule has 0 aliphatic heterocycles. The van der Waals surface area contributed by atoms with Gasteiger partial charge in [-0.2, -0.15) is 12.6 Å². The smallest absolute Gasteiger partial charge is 0.106 e. The second-order valence-corrected chi connectivity index (χ2v) is 10.3. The number of halogens is 1. The molecule has 6 N–H and O–H groups in total. The minimum Gasteiger partial charge on any atom is -0.395 e. The highest BCUT2D eigenvalue weighted by Gasteiger charge is 1.92. The molecule has 1 heterocycles. The second kappa shape index (κ2) is 34.6. The third-order valence-electron chi connectivity index (χ3n) is 2.29. The molecule has 0 saturated carbocycles. The molecular weight excluding hydrogens is 506 g/mol. The zero-order valence-electron chi connectivity index (χ0n) is 17.1. The van der Waals surface area contributed by atoms with Crippen LogP contribution in [0.3, 0.4) is 0 Å². The Morgan fingerprint density at radius 2 is 1.47 bits per heavy atom. The summed E-state index contributed by atoms with van der Waals surface area (Å²) in [7, 11) is 6.59. The van der Waals surface area contributed by atoms with Crippen LogP contribution in [0.2, 0.25) is 0 Å². The van der Waals surface area contributed by atoms with Crippen molar-refractivity contribution in [1.82, 2.24) is 4.98 Å². The van der Waals surface area contributed by atoms with E-state index in [1.54, 1.807) is 49.4 Å². The molecule has 0 atom stereocenters. The minimum absolute atomic E-state index is 0. The van der Waals surface area contributed by atoms with Gasteiger partial charge in [-0.25, -0.2) is 4.98 Å². The van der Waals surface area contributed by atoms with Crippen molar-refractivity contribution in [3.8, 4) is 0 Å². The van der Waals surface area contributed by atoms with Gasteiger partial charge in [-0.15, -0.1) is 12.4 Å². The van der Waals surface area contributed by atoms with Crippen molar-refractivity contribution < 1.29 is 19.7 Å². The van der Waals surface area contributed by atoms with Crippen molar-refractivity contribution >= 4 is 68.2 Å². The molecule has 180 valence electrons. The van der Waals surface area contributed by atoms with E-state index in [-0.39, 0.29) is 25.6 Å². The summed E-state index contributed by atoms with van der Waals surface area (Å²) in [5, 5.41) is 17.9. The van der Waals surface area contributed by atoms with Crippen LogP contribution in [0.1, 0.15) is 0 Å². The number of thiol groups is 1. The molecule has 13 heteroatoms. The van der Waals surface area contributed by atoms with Gasteiger partial charge in [0.2, 0.25) is 0 Å². The number of aliphatic hydroxyl groups excluding tert-OH is 2. The van der Waals surface area contributed by atoms with Gasteiger partial charge in [0.25, 0.3) is 0 Å². The highest BCUT2D eigenvalue weighted by atomic mass is 35.5. The van der Waals surface area contributed by atoms with Crippen molar-refractivity contribution in [3.63, 3.8) is 0 Å². The third-order valence-corrected chi connectivity index (χ3v) is 7.06. The van der Waals surface area contributed by atoms with Crippen LogP contribution in [0.25, 0.3) is 0 Å². The molecule has 0 amide bonds. The molecule has 0 unspecified atom stereocenters. The van der Waals surface area contributed by atoms with Crippen molar-refractivity contribution in [3.05, 3.63) is 24.4 Å². The lowest BCUT2D eigenvalue weighted by Gasteiger charge is -2.00. The molecule has 30 heavy (non-hydrogen) atoms. The number of ether oxygens (including phenoxy) is 2. The summed E-state index contributed by atoms with van der Waals surface area (Å²) in [5.74, 6) is 3.29. The number of hydrogen-bond donors (Lipinski definition) is 5. The highest BCUT2D eigenvalue weighted by Crippen LogP contribution is 2.28. The summed E-state index contributed by atoms with van der Waals surface area (Å²) in [4.78, 5) is 4.11. The fourth-order valence-corrected chi connectivity index (χ4v) is 4.63. The Kier molecular flexibility index (Phi) is 40.9. The fourth-order valence-electron chi connectivity index (χ4n) is 1.22. The first-order valence-corrected chi connectivity index (χ1v) is 14.5. The van der Waals surface area contributed by atoms with Gasteiger partial charge in [0.15, 0.2) is 0 Å². The predicted molar refractivity (Wildman–Crippen MR) is 142 cm³/mol. The Morgan fingerprint density at radius 3 is 2.00 bits per heavy atom. The number of nitrogens with zero attached hydrogens (tertiary/aromatic N) is 1. The maximum Gasteiger partial charge on any atom is 0.106 e. The number of nitrogens with two attached hydrogens (primary N) is 2. The molecule has 1 aromatic heterocycles. The van der Waals surface area contributed by atoms with Crippen molar-refractivity contribution in [1.29, 1.82) is 0 Å². The summed E-state index contributed by atoms with van der Waals surface area (Å²) in [6, 6.07) is 5.80. The molecule has 0 aliphatic rings. The summed E-state index contributed by atoms with van der Waals surface area (Å²) in [6.45, 7) is 4.43. The summed E-state index contributed by atoms with van der Waals surface area (Å²) < 4.78 is 10.1. The maximum atomic E-state index is 8.49. The van der Waals surface area contributed by atoms with E-state index < -0.39 is 0 Å². The zero-order chi connectivity index (χ0) is 21.8. The monoisotopic (exact) mass is 541 g/mol. The molecule has 0 aromatic carbocycles. The third kappa shape index (κ3) is 33.6. The van der Waals surface area contributed by atoms with Gasteiger partial charge in [0.1, 0.15) is 5.03 Å². The predicted octanol–water partition coefficient (Wildman–Crippen LogP) is 2.46. The first kappa shape index (κ1) is 35.5. The van der Waals surface area contributed by atoms with E-state index in [1.807, 2.05) is 18.2 Å². The van der Waals surface area contributed by atoms with Gasteiger partial charge in [0.05, 0.1) is 39.6 Å². The van der Waals surface area contributed by atoms with E-state index in [9.17, 15) is 0 Å². The van der Waals surface area contributed by atoms with Gasteiger partial charge in [0, 0.05) is 42.3 Å². The second-order valence-electron chi connectivity index (χ2n) is 4.69. The Hall–Kier alpha value is 0.950. The Morgan fingerprint density at radius 1 is 0.867 bits per heavy atom. The van der Waals surface area contributed by atoms with Gasteiger partial charge < -0.3 is 31.2 Å². The van der Waals surface area contributed by atoms with E-state index in [0.29, 0.717) is 32.9 Å². The lowest BCUT2D eigenvalue weighted by Crippen LogP contribution is -2.09. The molecular formula is C17H36ClN3O4S5. The van der Waals surface area contributed by atoms with Crippen molar-refractivity contribution in [2.75, 3.05) is 75.7 Å². The van der Waals surface area contributed by atoms with E-state index >= 15 is 0 Å². The summed E-state index contributed by atoms with van der Waals surface area (Å²) in [6.07, 6.45) is 1.77. The van der Waals surface area contributed by atoms with Crippen LogP contribution < -0.4 is 11.5 Å². The largest absolute Gasteiger partial charge is 0.395 e. The Bertz CT molecular complexity index is 395. The van der Waals surface area contributed by atoms with Gasteiger partial charge in [-0.1, -0.05) is 38.4 Å². The molecule has 0 bridgehead atoms. The average molecular weight is 542 g/mol. The Labute approximate surface area is 208 Å². The van der Waals surface area contributed by atoms with Gasteiger partial charge >= 0.3 is 0 Å². The maximum absolute atomic E-state index is 8.49. The SMILES string of the molecule is Cl.NCCOCCS.NCCOCCSSCCO.OCCSSc1ccccn1. The molecule has 0 spiro atoms. The highest BCUT2D eigenvalue weighted by molar-refractivity contribution is 8.77. The molecule has 7 nitrogen and oxygen atoms in total. The summed E-state index contributed by atoms with van der Waals surface area (Å²) >= 11 is 3.93. The number of hydrogen-bond acceptors (Lipinski definition) is 12. The number of rotatable bonds is 16. The number of pyridine rings is 1. The van der Waals surface area contributed by atoms with Crippen molar-refractivity contribution in [2.45, 2.75) is 5.03 Å². The normalized spacial score (nSPS) is 9.63. The van der Waals surface area contributed by atoms with Crippen molar-refractivity contribution in [2.24, 2.45) is 11.5 Å². The topological polar surface area (TPSA) is 124 Å². The molecule has 1 aromatic rings. The number of aromatic nitrogens is 1. The molecule has 0 fully saturated rings. The van der Waals surface area contributed by atoms with Crippen LogP contribution in [-0.4, -0.2) is 90.9 Å². The minimum atomic E-state index is 0. The molecule has 0 saturated heterocycles. The van der Waals surface area contributed by atoms with Crippen LogP contribution in [0, 0.1) is 0 Å². The fraction of sp³-hybridized carbons (Fsp3) is 0.706. The van der Waals surface area contributed by atoms with Crippen LogP contribution in [0.5, 0.6) is 0 Å². The lowest BCUT2D eigenvalue weighted by molar-refractivity contribution is 0.158. The van der Waals surface area contributed by atoms with Gasteiger partial charge in [-0.05, 0) is 22.9 Å². The van der Waals surface area contributed by atoms with Gasteiger partial charge in [-0.3, -0.25) is 0 Å². The number of aliphatic hydroxyl groups is 2. The van der Waals surface area contributed by atoms with E-state index in [1.165, 1.54) is 0 Å². The standard InChI is InChI=1S/C7H9NOS2.C6H15NO2S2.C4H11NOS.ClH/c9-5-6-10-11-7-3-1-2-4-8-7;7-1-3-9-4-6-11-10-5-2-8;5-1-2-6-3-4-7;/h1-4,9H,5-6H2;8H,1-7H2;7H,1-5H2;1H. The van der Waals surface area contributed by atoms with Crippen LogP contribution >= 0.6 is 68.2 Å². The zero-order valence-corrected chi connectivity index (χ0v) is 22.1. The average Bonchev–Trinajstić information content (AvgIpc) is 2.75. The Balaban J connectivity index is -0.000000369. The summed E-state index contributed by atoms with van der Waals surface area (Å²) in [5.41, 5.74) is 10.3. The van der Waals surface area contributed by atoms with Crippen LogP contribution in [0.4, 0.5) is 0 Å². The molecule has 0 aliphatic carbocycles. The molecule has 0 radical (unpaired) electrons. The first-order valence-electron chi connectivity index (χ1n) is 9.09. The van der Waals surface area contributed by atoms with Crippen LogP contribution in [-0.2, 0) is 9.47 Å².